The number of nitrogens with one attached hydrogen (secondary N) is 1. The molecule has 11 heteroatoms. The standard InChI is InChI=1S/C29H45N3O8/c1-17(8-11-25-28(36)29(16-37-29)15-22(40-25)14-27(35)32(6)30)7-10-24-18(2)13-23(20(4)39-24)31-26(34)12-9-19(3)38-21(5)33/h7-9,11-12,18-20,22-25,28,36H,10,13-16,30H2,1-6H3,(H,31,34)/b11-8+,12-9?,17-7+/t18-,19?,20+,22+,23+,24-,25+,28+,29+/m0/s1. The van der Waals surface area contributed by atoms with Crippen LogP contribution >= 0.6 is 0 Å². The summed E-state index contributed by atoms with van der Waals surface area (Å²) < 4.78 is 22.9. The fourth-order valence-corrected chi connectivity index (χ4v) is 5.23. The molecule has 0 bridgehead atoms. The number of esters is 1. The highest BCUT2D eigenvalue weighted by Crippen LogP contribution is 2.43. The minimum atomic E-state index is -0.812. The number of rotatable bonds is 10. The second-order valence-corrected chi connectivity index (χ2v) is 11.4. The van der Waals surface area contributed by atoms with Crippen molar-refractivity contribution in [2.45, 2.75) is 109 Å². The first-order valence-electron chi connectivity index (χ1n) is 13.9. The molecule has 3 heterocycles. The fraction of sp³-hybridized carbons (Fsp3) is 0.690. The molecular weight excluding hydrogens is 518 g/mol. The Morgan fingerprint density at radius 1 is 1.23 bits per heavy atom. The number of aliphatic hydroxyl groups excluding tert-OH is 1. The molecule has 9 atom stereocenters. The van der Waals surface area contributed by atoms with Gasteiger partial charge in [-0.3, -0.25) is 19.4 Å². The van der Waals surface area contributed by atoms with Crippen LogP contribution in [0.25, 0.3) is 0 Å². The van der Waals surface area contributed by atoms with Gasteiger partial charge in [0.1, 0.15) is 23.9 Å². The van der Waals surface area contributed by atoms with Crippen molar-refractivity contribution in [3.63, 3.8) is 0 Å². The topological polar surface area (TPSA) is 153 Å². The monoisotopic (exact) mass is 563 g/mol. The van der Waals surface area contributed by atoms with Gasteiger partial charge in [0.25, 0.3) is 0 Å². The molecule has 40 heavy (non-hydrogen) atoms. The molecule has 3 aliphatic rings. The van der Waals surface area contributed by atoms with E-state index in [-0.39, 0.29) is 48.5 Å². The van der Waals surface area contributed by atoms with Crippen molar-refractivity contribution in [3.05, 3.63) is 36.0 Å². The van der Waals surface area contributed by atoms with Crippen LogP contribution < -0.4 is 11.2 Å². The van der Waals surface area contributed by atoms with Crippen LogP contribution in [0.3, 0.4) is 0 Å². The molecule has 224 valence electrons. The number of allylic oxidation sites excluding steroid dienone is 2. The van der Waals surface area contributed by atoms with E-state index >= 15 is 0 Å². The van der Waals surface area contributed by atoms with Crippen molar-refractivity contribution in [1.82, 2.24) is 10.3 Å². The van der Waals surface area contributed by atoms with Crippen molar-refractivity contribution in [2.24, 2.45) is 11.8 Å². The van der Waals surface area contributed by atoms with E-state index in [0.717, 1.165) is 17.0 Å². The second kappa shape index (κ2) is 13.9. The number of amides is 2. The Kier molecular flexibility index (Phi) is 11.1. The lowest BCUT2D eigenvalue weighted by Gasteiger charge is -2.39. The number of nitrogens with two attached hydrogens (primary N) is 1. The molecule has 3 fully saturated rings. The maximum Gasteiger partial charge on any atom is 0.303 e. The molecule has 2 amide bonds. The van der Waals surface area contributed by atoms with Crippen LogP contribution in [0.5, 0.6) is 0 Å². The van der Waals surface area contributed by atoms with Gasteiger partial charge in [-0.05, 0) is 45.6 Å². The van der Waals surface area contributed by atoms with E-state index in [0.29, 0.717) is 19.4 Å². The number of hydrazine groups is 1. The van der Waals surface area contributed by atoms with Crippen LogP contribution in [0.1, 0.15) is 60.3 Å². The lowest BCUT2D eigenvalue weighted by molar-refractivity contribution is -0.150. The maximum atomic E-state index is 12.4. The van der Waals surface area contributed by atoms with Gasteiger partial charge in [-0.2, -0.15) is 0 Å². The van der Waals surface area contributed by atoms with Gasteiger partial charge in [-0.15, -0.1) is 0 Å². The summed E-state index contributed by atoms with van der Waals surface area (Å²) in [6.45, 7) is 9.50. The molecule has 0 aromatic heterocycles. The van der Waals surface area contributed by atoms with Gasteiger partial charge in [0.05, 0.1) is 37.4 Å². The molecule has 11 nitrogen and oxygen atoms in total. The van der Waals surface area contributed by atoms with Gasteiger partial charge in [-0.1, -0.05) is 30.7 Å². The summed E-state index contributed by atoms with van der Waals surface area (Å²) in [7, 11) is 1.50. The average Bonchev–Trinajstić information content (AvgIpc) is 3.64. The molecule has 0 saturated carbocycles. The summed E-state index contributed by atoms with van der Waals surface area (Å²) >= 11 is 0. The first-order valence-corrected chi connectivity index (χ1v) is 13.9. The first-order chi connectivity index (χ1) is 18.8. The minimum absolute atomic E-state index is 0.00525. The Morgan fingerprint density at radius 2 is 1.93 bits per heavy atom. The summed E-state index contributed by atoms with van der Waals surface area (Å²) in [5.41, 5.74) is 0.333. The van der Waals surface area contributed by atoms with Crippen LogP contribution in [-0.4, -0.2) is 89.8 Å². The Balaban J connectivity index is 1.51. The SMILES string of the molecule is CC(=O)OC(C)C=CC(=O)N[C@@H]1C[C@H](C)[C@H](C/C=C(C)/C=C/[C@H]2O[C@H](CC(=O)N(C)N)C[C@@]3(CO3)[C@@H]2O)O[C@@H]1C. The summed E-state index contributed by atoms with van der Waals surface area (Å²) in [5.74, 6) is 4.88. The van der Waals surface area contributed by atoms with Crippen LogP contribution in [0.4, 0.5) is 0 Å². The van der Waals surface area contributed by atoms with Crippen molar-refractivity contribution in [2.75, 3.05) is 13.7 Å². The molecule has 1 spiro atoms. The van der Waals surface area contributed by atoms with E-state index in [9.17, 15) is 19.5 Å². The van der Waals surface area contributed by atoms with Gasteiger partial charge in [-0.25, -0.2) is 5.84 Å². The van der Waals surface area contributed by atoms with Gasteiger partial charge in [0.15, 0.2) is 0 Å². The van der Waals surface area contributed by atoms with Gasteiger partial charge in [0, 0.05) is 26.5 Å². The number of ether oxygens (including phenoxy) is 4. The third-order valence-corrected chi connectivity index (χ3v) is 7.72. The van der Waals surface area contributed by atoms with Crippen molar-refractivity contribution < 1.29 is 38.4 Å². The highest BCUT2D eigenvalue weighted by atomic mass is 16.6. The number of carbonyl (C=O) groups excluding carboxylic acids is 3. The largest absolute Gasteiger partial charge is 0.459 e. The smallest absolute Gasteiger partial charge is 0.303 e. The van der Waals surface area contributed by atoms with Crippen LogP contribution in [0.2, 0.25) is 0 Å². The zero-order valence-corrected chi connectivity index (χ0v) is 24.4. The predicted octanol–water partition coefficient (Wildman–Crippen LogP) is 1.69. The van der Waals surface area contributed by atoms with Gasteiger partial charge < -0.3 is 29.4 Å². The van der Waals surface area contributed by atoms with Gasteiger partial charge in [0.2, 0.25) is 11.8 Å². The molecule has 3 saturated heterocycles. The first kappa shape index (κ1) is 32.0. The summed E-state index contributed by atoms with van der Waals surface area (Å²) in [4.78, 5) is 35.4. The number of carbonyl (C=O) groups is 3. The molecule has 0 radical (unpaired) electrons. The summed E-state index contributed by atoms with van der Waals surface area (Å²) in [6, 6.07) is -0.127. The fourth-order valence-electron chi connectivity index (χ4n) is 5.23. The quantitative estimate of drug-likeness (QED) is 0.0685. The Morgan fingerprint density at radius 3 is 2.55 bits per heavy atom. The van der Waals surface area contributed by atoms with E-state index < -0.39 is 29.9 Å². The Bertz CT molecular complexity index is 1010. The number of aliphatic hydroxyl groups is 1. The summed E-state index contributed by atoms with van der Waals surface area (Å²) in [6.07, 6.45) is 8.36. The molecule has 1 unspecified atom stereocenters. The van der Waals surface area contributed by atoms with Crippen LogP contribution in [0.15, 0.2) is 36.0 Å². The Hall–Kier alpha value is -2.57. The molecule has 4 N–H and O–H groups in total. The van der Waals surface area contributed by atoms with Crippen LogP contribution in [-0.2, 0) is 33.3 Å². The third kappa shape index (κ3) is 8.97. The lowest BCUT2D eigenvalue weighted by Crippen LogP contribution is -2.51. The van der Waals surface area contributed by atoms with E-state index in [2.05, 4.69) is 18.3 Å². The molecule has 0 aromatic carbocycles. The minimum Gasteiger partial charge on any atom is -0.459 e. The van der Waals surface area contributed by atoms with E-state index in [1.165, 1.54) is 20.0 Å². The molecule has 0 aliphatic carbocycles. The number of epoxide rings is 1. The maximum absolute atomic E-state index is 12.4. The highest BCUT2D eigenvalue weighted by molar-refractivity contribution is 5.87. The lowest BCUT2D eigenvalue weighted by atomic mass is 9.87. The highest BCUT2D eigenvalue weighted by Gasteiger charge is 2.58. The van der Waals surface area contributed by atoms with E-state index in [1.54, 1.807) is 13.0 Å². The molecule has 0 aromatic rings. The second-order valence-electron chi connectivity index (χ2n) is 11.4. The van der Waals surface area contributed by atoms with E-state index in [4.69, 9.17) is 24.8 Å². The predicted molar refractivity (Wildman–Crippen MR) is 147 cm³/mol. The zero-order chi connectivity index (χ0) is 29.6. The average molecular weight is 564 g/mol. The molecule has 3 rings (SSSR count). The van der Waals surface area contributed by atoms with Crippen molar-refractivity contribution in [3.8, 4) is 0 Å². The normalized spacial score (nSPS) is 35.1. The number of nitrogens with zero attached hydrogens (tertiary/aromatic N) is 1. The Labute approximate surface area is 236 Å². The summed E-state index contributed by atoms with van der Waals surface area (Å²) in [5, 5.41) is 14.8. The van der Waals surface area contributed by atoms with Crippen LogP contribution in [0, 0.1) is 5.92 Å². The van der Waals surface area contributed by atoms with Gasteiger partial charge >= 0.3 is 5.97 Å². The zero-order valence-electron chi connectivity index (χ0n) is 24.4. The van der Waals surface area contributed by atoms with Crippen molar-refractivity contribution in [1.29, 1.82) is 0 Å². The number of hydrogen-bond donors (Lipinski definition) is 3. The van der Waals surface area contributed by atoms with E-state index in [1.807, 2.05) is 26.0 Å². The molecular formula is C29H45N3O8. The number of hydrogen-bond acceptors (Lipinski definition) is 9. The molecule has 3 aliphatic heterocycles. The third-order valence-electron chi connectivity index (χ3n) is 7.72. The van der Waals surface area contributed by atoms with Crippen molar-refractivity contribution >= 4 is 17.8 Å².